The van der Waals surface area contributed by atoms with Crippen molar-refractivity contribution in [3.8, 4) is 0 Å². The van der Waals surface area contributed by atoms with Gasteiger partial charge in [0, 0.05) is 37.6 Å². The molecule has 2 aromatic heterocycles. The number of nitrogens with one attached hydrogen (secondary N) is 1. The second kappa shape index (κ2) is 7.24. The van der Waals surface area contributed by atoms with Crippen molar-refractivity contribution < 1.29 is 9.21 Å². The van der Waals surface area contributed by atoms with Gasteiger partial charge in [0.15, 0.2) is 0 Å². The van der Waals surface area contributed by atoms with E-state index < -0.39 is 11.5 Å². The van der Waals surface area contributed by atoms with Crippen molar-refractivity contribution in [2.24, 2.45) is 0 Å². The smallest absolute Gasteiger partial charge is 0.308 e. The number of amides is 1. The van der Waals surface area contributed by atoms with Crippen molar-refractivity contribution in [1.29, 1.82) is 0 Å². The summed E-state index contributed by atoms with van der Waals surface area (Å²) in [5, 5.41) is 2.75. The van der Waals surface area contributed by atoms with Crippen molar-refractivity contribution >= 4 is 23.1 Å². The highest BCUT2D eigenvalue weighted by Gasteiger charge is 2.17. The highest BCUT2D eigenvalue weighted by Crippen LogP contribution is 2.19. The first-order valence-electron chi connectivity index (χ1n) is 8.99. The molecule has 0 bridgehead atoms. The Labute approximate surface area is 156 Å². The van der Waals surface area contributed by atoms with Crippen LogP contribution in [0, 0.1) is 0 Å². The molecule has 1 aliphatic rings. The van der Waals surface area contributed by atoms with Crippen molar-refractivity contribution in [2.75, 3.05) is 42.9 Å². The summed E-state index contributed by atoms with van der Waals surface area (Å²) < 4.78 is 6.25. The predicted octanol–water partition coefficient (Wildman–Crippen LogP) is 1.68. The summed E-state index contributed by atoms with van der Waals surface area (Å²) in [5.74, 6) is -0.337. The fourth-order valence-corrected chi connectivity index (χ4v) is 3.26. The predicted molar refractivity (Wildman–Crippen MR) is 102 cm³/mol. The zero-order valence-corrected chi connectivity index (χ0v) is 15.1. The highest BCUT2D eigenvalue weighted by molar-refractivity contribution is 6.03. The molecule has 8 heteroatoms. The van der Waals surface area contributed by atoms with E-state index in [4.69, 9.17) is 4.42 Å². The Kier molecular flexibility index (Phi) is 4.64. The van der Waals surface area contributed by atoms with Crippen LogP contribution < -0.4 is 15.8 Å². The summed E-state index contributed by atoms with van der Waals surface area (Å²) in [7, 11) is 0. The lowest BCUT2D eigenvalue weighted by molar-refractivity contribution is 0.102. The van der Waals surface area contributed by atoms with Crippen LogP contribution in [-0.2, 0) is 0 Å². The Bertz CT molecular complexity index is 1000. The van der Waals surface area contributed by atoms with Gasteiger partial charge < -0.3 is 19.5 Å². The Balaban J connectivity index is 1.45. The largest absolute Gasteiger partial charge is 0.432 e. The van der Waals surface area contributed by atoms with Crippen LogP contribution in [-0.4, -0.2) is 52.9 Å². The van der Waals surface area contributed by atoms with Gasteiger partial charge in [0.25, 0.3) is 11.5 Å². The number of hydrogen-bond acceptors (Lipinski definition) is 6. The quantitative estimate of drug-likeness (QED) is 0.755. The maximum Gasteiger partial charge on any atom is 0.308 e. The van der Waals surface area contributed by atoms with E-state index in [0.717, 1.165) is 38.4 Å². The lowest BCUT2D eigenvalue weighted by atomic mass is 10.2. The first-order chi connectivity index (χ1) is 13.2. The number of anilines is 2. The molecule has 1 fully saturated rings. The van der Waals surface area contributed by atoms with E-state index in [1.54, 1.807) is 0 Å². The lowest BCUT2D eigenvalue weighted by Gasteiger charge is -2.35. The van der Waals surface area contributed by atoms with Crippen LogP contribution in [0.3, 0.4) is 0 Å². The third-order valence-electron chi connectivity index (χ3n) is 4.90. The van der Waals surface area contributed by atoms with E-state index >= 15 is 0 Å². The van der Waals surface area contributed by atoms with Crippen LogP contribution in [0.2, 0.25) is 0 Å². The van der Waals surface area contributed by atoms with Gasteiger partial charge in [0.1, 0.15) is 11.8 Å². The van der Waals surface area contributed by atoms with Gasteiger partial charge in [-0.2, -0.15) is 0 Å². The summed E-state index contributed by atoms with van der Waals surface area (Å²) >= 11 is 0. The minimum absolute atomic E-state index is 0.0336. The van der Waals surface area contributed by atoms with E-state index in [0.29, 0.717) is 5.69 Å². The highest BCUT2D eigenvalue weighted by atomic mass is 16.3. The fourth-order valence-electron chi connectivity index (χ4n) is 3.26. The molecule has 0 spiro atoms. The fraction of sp³-hybridized carbons (Fsp3) is 0.316. The van der Waals surface area contributed by atoms with E-state index in [1.807, 2.05) is 24.3 Å². The maximum atomic E-state index is 12.4. The van der Waals surface area contributed by atoms with E-state index in [1.165, 1.54) is 23.1 Å². The molecule has 0 unspecified atom stereocenters. The van der Waals surface area contributed by atoms with Crippen molar-refractivity contribution in [2.45, 2.75) is 6.92 Å². The van der Waals surface area contributed by atoms with Gasteiger partial charge in [-0.15, -0.1) is 0 Å². The zero-order valence-electron chi connectivity index (χ0n) is 15.1. The number of carbonyl (C=O) groups is 1. The van der Waals surface area contributed by atoms with Gasteiger partial charge in [0.05, 0.1) is 12.4 Å². The van der Waals surface area contributed by atoms with Gasteiger partial charge in [-0.25, -0.2) is 9.38 Å². The molecule has 1 N–H and O–H groups in total. The van der Waals surface area contributed by atoms with Crippen LogP contribution >= 0.6 is 0 Å². The Morgan fingerprint density at radius 2 is 1.93 bits per heavy atom. The number of benzene rings is 1. The summed E-state index contributed by atoms with van der Waals surface area (Å²) in [6.45, 7) is 7.36. The summed E-state index contributed by atoms with van der Waals surface area (Å²) in [4.78, 5) is 33.5. The number of piperazine rings is 1. The van der Waals surface area contributed by atoms with Gasteiger partial charge in [-0.3, -0.25) is 9.59 Å². The first kappa shape index (κ1) is 17.3. The second-order valence-corrected chi connectivity index (χ2v) is 6.45. The van der Waals surface area contributed by atoms with Crippen LogP contribution in [0.25, 0.3) is 5.84 Å². The molecular weight excluding hydrogens is 346 g/mol. The van der Waals surface area contributed by atoms with E-state index in [-0.39, 0.29) is 11.4 Å². The molecule has 0 saturated carbocycles. The van der Waals surface area contributed by atoms with Crippen LogP contribution in [0.5, 0.6) is 0 Å². The molecule has 3 aromatic rings. The third-order valence-corrected chi connectivity index (χ3v) is 4.90. The number of hydrogen-bond donors (Lipinski definition) is 1. The van der Waals surface area contributed by atoms with Crippen molar-refractivity contribution in [3.05, 3.63) is 58.8 Å². The SMILES string of the molecule is CCN1CCN(c2ccc(NC(=O)c3cnc4occn4c3=O)cc2)CC1. The minimum atomic E-state index is -0.493. The number of oxazole rings is 1. The van der Waals surface area contributed by atoms with Crippen LogP contribution in [0.4, 0.5) is 11.4 Å². The second-order valence-electron chi connectivity index (χ2n) is 6.45. The molecule has 1 amide bonds. The topological polar surface area (TPSA) is 83.1 Å². The monoisotopic (exact) mass is 367 g/mol. The molecule has 0 radical (unpaired) electrons. The van der Waals surface area contributed by atoms with Gasteiger partial charge in [-0.05, 0) is 30.8 Å². The van der Waals surface area contributed by atoms with Crippen molar-refractivity contribution in [3.63, 3.8) is 0 Å². The molecular formula is C19H21N5O3. The molecule has 140 valence electrons. The van der Waals surface area contributed by atoms with Gasteiger partial charge in [0.2, 0.25) is 0 Å². The molecule has 8 nitrogen and oxygen atoms in total. The average molecular weight is 367 g/mol. The summed E-state index contributed by atoms with van der Waals surface area (Å²) in [6, 6.07) is 7.67. The zero-order chi connectivity index (χ0) is 18.8. The third kappa shape index (κ3) is 3.43. The number of fused-ring (bicyclic) bond motifs is 1. The first-order valence-corrected chi connectivity index (χ1v) is 8.99. The number of aromatic nitrogens is 2. The Morgan fingerprint density at radius 1 is 1.19 bits per heavy atom. The molecule has 1 saturated heterocycles. The summed E-state index contributed by atoms with van der Waals surface area (Å²) in [6.07, 6.45) is 4.02. The normalized spacial score (nSPS) is 15.2. The number of nitrogens with zero attached hydrogens (tertiary/aromatic N) is 4. The van der Waals surface area contributed by atoms with Crippen LogP contribution in [0.15, 0.2) is 52.1 Å². The van der Waals surface area contributed by atoms with E-state index in [9.17, 15) is 9.59 Å². The number of carbonyl (C=O) groups excluding carboxylic acids is 1. The van der Waals surface area contributed by atoms with Crippen molar-refractivity contribution in [1.82, 2.24) is 14.3 Å². The Morgan fingerprint density at radius 3 is 2.63 bits per heavy atom. The average Bonchev–Trinajstić information content (AvgIpc) is 3.19. The molecule has 4 rings (SSSR count). The molecule has 1 aromatic carbocycles. The molecule has 3 heterocycles. The molecule has 0 atom stereocenters. The maximum absolute atomic E-state index is 12.4. The van der Waals surface area contributed by atoms with E-state index in [2.05, 4.69) is 27.0 Å². The van der Waals surface area contributed by atoms with Gasteiger partial charge in [-0.1, -0.05) is 6.92 Å². The number of likely N-dealkylation sites (N-methyl/N-ethyl adjacent to an activating group) is 1. The summed E-state index contributed by atoms with van der Waals surface area (Å²) in [5.41, 5.74) is 1.27. The Hall–Kier alpha value is -3.13. The van der Waals surface area contributed by atoms with Gasteiger partial charge >= 0.3 is 5.84 Å². The molecule has 27 heavy (non-hydrogen) atoms. The molecule has 1 aliphatic heterocycles. The number of rotatable bonds is 4. The van der Waals surface area contributed by atoms with Crippen LogP contribution in [0.1, 0.15) is 17.3 Å². The molecule has 0 aliphatic carbocycles. The minimum Gasteiger partial charge on any atom is -0.432 e. The standard InChI is InChI=1S/C19H21N5O3/c1-2-22-7-9-23(10-8-22)15-5-3-14(4-6-15)21-17(25)16-13-20-19-24(18(16)26)11-12-27-19/h3-6,11-13H,2,7-10H2,1H3,(H,21,25). The lowest BCUT2D eigenvalue weighted by Crippen LogP contribution is -2.46.